The van der Waals surface area contributed by atoms with Crippen LogP contribution in [0.3, 0.4) is 0 Å². The number of benzene rings is 1. The molecule has 1 aromatic rings. The summed E-state index contributed by atoms with van der Waals surface area (Å²) in [5.74, 6) is -2.44. The van der Waals surface area contributed by atoms with Gasteiger partial charge < -0.3 is 14.7 Å². The van der Waals surface area contributed by atoms with Crippen LogP contribution in [0.4, 0.5) is 9.18 Å². The molecule has 1 aromatic carbocycles. The summed E-state index contributed by atoms with van der Waals surface area (Å²) in [7, 11) is 0. The Labute approximate surface area is 128 Å². The summed E-state index contributed by atoms with van der Waals surface area (Å²) in [6, 6.07) is 5.72. The Kier molecular flexibility index (Phi) is 4.39. The summed E-state index contributed by atoms with van der Waals surface area (Å²) < 4.78 is 18.3. The van der Waals surface area contributed by atoms with Gasteiger partial charge >= 0.3 is 12.1 Å². The molecule has 0 spiro atoms. The van der Waals surface area contributed by atoms with Gasteiger partial charge in [-0.25, -0.2) is 9.18 Å². The predicted octanol–water partition coefficient (Wildman–Crippen LogP) is 2.86. The number of carbonyl (C=O) groups excluding carboxylic acids is 1. The lowest BCUT2D eigenvalue weighted by Crippen LogP contribution is -2.35. The zero-order valence-corrected chi connectivity index (χ0v) is 12.9. The highest BCUT2D eigenvalue weighted by Gasteiger charge is 2.41. The van der Waals surface area contributed by atoms with E-state index in [1.54, 1.807) is 32.9 Å². The second-order valence-corrected chi connectivity index (χ2v) is 6.49. The van der Waals surface area contributed by atoms with Crippen LogP contribution in [0.1, 0.15) is 32.3 Å². The van der Waals surface area contributed by atoms with E-state index in [0.717, 1.165) is 0 Å². The van der Waals surface area contributed by atoms with Gasteiger partial charge in [0.2, 0.25) is 0 Å². The van der Waals surface area contributed by atoms with Crippen molar-refractivity contribution in [3.05, 3.63) is 35.6 Å². The minimum atomic E-state index is -0.972. The van der Waals surface area contributed by atoms with E-state index in [9.17, 15) is 19.1 Å². The highest BCUT2D eigenvalue weighted by atomic mass is 19.1. The summed E-state index contributed by atoms with van der Waals surface area (Å²) in [6.45, 7) is 5.61. The molecule has 1 aliphatic rings. The van der Waals surface area contributed by atoms with E-state index >= 15 is 0 Å². The number of rotatable bonds is 2. The third kappa shape index (κ3) is 3.75. The average molecular weight is 309 g/mol. The van der Waals surface area contributed by atoms with Crippen LogP contribution in [-0.4, -0.2) is 40.8 Å². The van der Waals surface area contributed by atoms with Gasteiger partial charge in [0.25, 0.3) is 0 Å². The second kappa shape index (κ2) is 5.94. The van der Waals surface area contributed by atoms with Crippen LogP contribution in [0, 0.1) is 11.7 Å². The SMILES string of the molecule is CC(C)(C)OC(=O)N1CC(C(=O)O)[C@H](c2ccc(F)cc2)C1. The zero-order chi connectivity index (χ0) is 16.5. The van der Waals surface area contributed by atoms with Gasteiger partial charge in [-0.1, -0.05) is 12.1 Å². The fourth-order valence-corrected chi connectivity index (χ4v) is 2.58. The van der Waals surface area contributed by atoms with Gasteiger partial charge in [0, 0.05) is 19.0 Å². The molecule has 1 heterocycles. The van der Waals surface area contributed by atoms with Gasteiger partial charge in [-0.2, -0.15) is 0 Å². The van der Waals surface area contributed by atoms with Gasteiger partial charge in [-0.3, -0.25) is 4.79 Å². The Morgan fingerprint density at radius 2 is 1.82 bits per heavy atom. The number of nitrogens with zero attached hydrogens (tertiary/aromatic N) is 1. The topological polar surface area (TPSA) is 66.8 Å². The highest BCUT2D eigenvalue weighted by molar-refractivity contribution is 5.75. The van der Waals surface area contributed by atoms with Crippen molar-refractivity contribution in [1.29, 1.82) is 0 Å². The van der Waals surface area contributed by atoms with Gasteiger partial charge in [0.05, 0.1) is 5.92 Å². The molecule has 1 aliphatic heterocycles. The van der Waals surface area contributed by atoms with E-state index in [-0.39, 0.29) is 24.8 Å². The molecule has 0 saturated carbocycles. The summed E-state index contributed by atoms with van der Waals surface area (Å²) >= 11 is 0. The van der Waals surface area contributed by atoms with Gasteiger partial charge in [0.1, 0.15) is 11.4 Å². The van der Waals surface area contributed by atoms with Crippen molar-refractivity contribution < 1.29 is 23.8 Å². The maximum Gasteiger partial charge on any atom is 0.410 e. The molecular formula is C16H20FNO4. The monoisotopic (exact) mass is 309 g/mol. The van der Waals surface area contributed by atoms with E-state index in [4.69, 9.17) is 4.74 Å². The largest absolute Gasteiger partial charge is 0.481 e. The third-order valence-electron chi connectivity index (χ3n) is 3.59. The van der Waals surface area contributed by atoms with Crippen LogP contribution < -0.4 is 0 Å². The van der Waals surface area contributed by atoms with Crippen LogP contribution >= 0.6 is 0 Å². The first-order chi connectivity index (χ1) is 10.2. The van der Waals surface area contributed by atoms with Crippen molar-refractivity contribution in [2.45, 2.75) is 32.3 Å². The fourth-order valence-electron chi connectivity index (χ4n) is 2.58. The molecule has 6 heteroatoms. The lowest BCUT2D eigenvalue weighted by molar-refractivity contribution is -0.141. The Morgan fingerprint density at radius 1 is 1.23 bits per heavy atom. The number of carboxylic acid groups (broad SMARTS) is 1. The first-order valence-corrected chi connectivity index (χ1v) is 7.13. The minimum absolute atomic E-state index is 0.0896. The van der Waals surface area contributed by atoms with E-state index in [0.29, 0.717) is 5.56 Å². The molecule has 0 bridgehead atoms. The van der Waals surface area contributed by atoms with Crippen LogP contribution in [0.15, 0.2) is 24.3 Å². The molecule has 120 valence electrons. The van der Waals surface area contributed by atoms with Crippen LogP contribution in [-0.2, 0) is 9.53 Å². The van der Waals surface area contributed by atoms with E-state index in [1.165, 1.54) is 17.0 Å². The number of amides is 1. The molecule has 1 unspecified atom stereocenters. The van der Waals surface area contributed by atoms with Crippen molar-refractivity contribution >= 4 is 12.1 Å². The maximum absolute atomic E-state index is 13.0. The van der Waals surface area contributed by atoms with E-state index < -0.39 is 23.6 Å². The lowest BCUT2D eigenvalue weighted by atomic mass is 9.89. The molecule has 2 atom stereocenters. The number of halogens is 1. The Bertz CT molecular complexity index is 565. The number of likely N-dealkylation sites (tertiary alicyclic amines) is 1. The first-order valence-electron chi connectivity index (χ1n) is 7.13. The molecule has 0 aromatic heterocycles. The van der Waals surface area contributed by atoms with Gasteiger partial charge in [-0.15, -0.1) is 0 Å². The number of hydrogen-bond donors (Lipinski definition) is 1. The fraction of sp³-hybridized carbons (Fsp3) is 0.500. The predicted molar refractivity (Wildman–Crippen MR) is 78.1 cm³/mol. The highest BCUT2D eigenvalue weighted by Crippen LogP contribution is 2.33. The number of carboxylic acids is 1. The molecule has 5 nitrogen and oxygen atoms in total. The molecule has 1 fully saturated rings. The van der Waals surface area contributed by atoms with Crippen molar-refractivity contribution in [2.24, 2.45) is 5.92 Å². The quantitative estimate of drug-likeness (QED) is 0.912. The summed E-state index contributed by atoms with van der Waals surface area (Å²) in [5.41, 5.74) is 0.0730. The molecular weight excluding hydrogens is 289 g/mol. The van der Waals surface area contributed by atoms with E-state index in [1.807, 2.05) is 0 Å². The van der Waals surface area contributed by atoms with Crippen molar-refractivity contribution in [3.8, 4) is 0 Å². The molecule has 2 rings (SSSR count). The van der Waals surface area contributed by atoms with Crippen molar-refractivity contribution in [2.75, 3.05) is 13.1 Å². The maximum atomic E-state index is 13.0. The molecule has 22 heavy (non-hydrogen) atoms. The van der Waals surface area contributed by atoms with Crippen molar-refractivity contribution in [3.63, 3.8) is 0 Å². The summed E-state index contributed by atoms with van der Waals surface area (Å²) in [5, 5.41) is 9.38. The van der Waals surface area contributed by atoms with E-state index in [2.05, 4.69) is 0 Å². The number of carbonyl (C=O) groups is 2. The standard InChI is InChI=1S/C16H20FNO4/c1-16(2,3)22-15(21)18-8-12(13(9-18)14(19)20)10-4-6-11(17)7-5-10/h4-7,12-13H,8-9H2,1-3H3,(H,19,20)/t12-,13?/m0/s1. The smallest absolute Gasteiger partial charge is 0.410 e. The Hall–Kier alpha value is -2.11. The van der Waals surface area contributed by atoms with Gasteiger partial charge in [-0.05, 0) is 38.5 Å². The van der Waals surface area contributed by atoms with Crippen molar-refractivity contribution in [1.82, 2.24) is 4.90 Å². The average Bonchev–Trinajstić information content (AvgIpc) is 2.83. The number of hydrogen-bond acceptors (Lipinski definition) is 3. The zero-order valence-electron chi connectivity index (χ0n) is 12.9. The molecule has 0 radical (unpaired) electrons. The van der Waals surface area contributed by atoms with Crippen LogP contribution in [0.25, 0.3) is 0 Å². The Morgan fingerprint density at radius 3 is 2.32 bits per heavy atom. The normalized spacial score (nSPS) is 21.7. The number of aliphatic carboxylic acids is 1. The first kappa shape index (κ1) is 16.3. The Balaban J connectivity index is 2.18. The minimum Gasteiger partial charge on any atom is -0.481 e. The molecule has 0 aliphatic carbocycles. The summed E-state index contributed by atoms with van der Waals surface area (Å²) in [4.78, 5) is 25.0. The van der Waals surface area contributed by atoms with Crippen LogP contribution in [0.2, 0.25) is 0 Å². The lowest BCUT2D eigenvalue weighted by Gasteiger charge is -2.24. The van der Waals surface area contributed by atoms with Crippen LogP contribution in [0.5, 0.6) is 0 Å². The molecule has 1 N–H and O–H groups in total. The third-order valence-corrected chi connectivity index (χ3v) is 3.59. The number of ether oxygens (including phenoxy) is 1. The van der Waals surface area contributed by atoms with Gasteiger partial charge in [0.15, 0.2) is 0 Å². The molecule has 1 saturated heterocycles. The molecule has 1 amide bonds. The second-order valence-electron chi connectivity index (χ2n) is 6.49. The summed E-state index contributed by atoms with van der Waals surface area (Å²) in [6.07, 6.45) is -0.525.